The lowest BCUT2D eigenvalue weighted by Gasteiger charge is -2.50. The van der Waals surface area contributed by atoms with Crippen LogP contribution in [0.25, 0.3) is 0 Å². The van der Waals surface area contributed by atoms with E-state index in [-0.39, 0.29) is 20.9 Å². The zero-order valence-electron chi connectivity index (χ0n) is 15.5. The number of nitrogen functional groups attached to an aromatic ring is 1. The van der Waals surface area contributed by atoms with Gasteiger partial charge >= 0.3 is 5.97 Å². The van der Waals surface area contributed by atoms with Gasteiger partial charge in [0, 0.05) is 16.4 Å². The van der Waals surface area contributed by atoms with Crippen LogP contribution in [0.15, 0.2) is 20.8 Å². The number of anilines is 1. The molecular formula is C15H11Cl2N7O5S3. The highest BCUT2D eigenvalue weighted by Crippen LogP contribution is 2.44. The molecule has 0 aliphatic carbocycles. The van der Waals surface area contributed by atoms with Crippen LogP contribution >= 0.6 is 57.8 Å². The molecule has 4 heterocycles. The van der Waals surface area contributed by atoms with E-state index in [0.29, 0.717) is 27.1 Å². The summed E-state index contributed by atoms with van der Waals surface area (Å²) in [5, 5.41) is 19.2. The van der Waals surface area contributed by atoms with E-state index in [1.807, 2.05) is 0 Å². The lowest BCUT2D eigenvalue weighted by atomic mass is 9.86. The number of nitroso groups, excluding NO2 is 1. The molecule has 3 unspecified atom stereocenters. The number of carbonyl (C=O) groups is 3. The van der Waals surface area contributed by atoms with Crippen molar-refractivity contribution in [1.29, 1.82) is 0 Å². The molecule has 0 spiro atoms. The molecule has 1 saturated heterocycles. The van der Waals surface area contributed by atoms with Gasteiger partial charge in [0.15, 0.2) is 10.2 Å². The van der Waals surface area contributed by atoms with Crippen molar-refractivity contribution in [2.75, 3.05) is 5.73 Å². The number of β-lactam (4-membered cyclic amide) rings is 1. The van der Waals surface area contributed by atoms with Gasteiger partial charge < -0.3 is 16.2 Å². The molecule has 0 radical (unpaired) electrons. The van der Waals surface area contributed by atoms with Crippen LogP contribution in [-0.2, 0) is 14.4 Å². The molecule has 17 heteroatoms. The van der Waals surface area contributed by atoms with Gasteiger partial charge in [-0.05, 0) is 18.0 Å². The number of carbonyl (C=O) groups excluding carboxylic acids is 2. The fraction of sp³-hybridized carbons (Fsp3) is 0.333. The standard InChI is InChI=1S/C15H11Cl2N7O5S3/c16-9-6(20-15(18)31-9)7(22-29)11(25)19-5-3-1-2-4(30-12-10(17)32-23-21-12)8(14(27)28)24(3)13(5)26/h3,5,7H,1-2H2,(H2,18,20)(H,19,25)(H,27,28). The largest absolute Gasteiger partial charge is 0.477 e. The van der Waals surface area contributed by atoms with Gasteiger partial charge in [0.05, 0.1) is 6.04 Å². The first-order valence-corrected chi connectivity index (χ1v) is 11.9. The second-order valence-corrected chi connectivity index (χ2v) is 10.6. The normalized spacial score (nSPS) is 21.1. The van der Waals surface area contributed by atoms with Crippen molar-refractivity contribution in [2.45, 2.75) is 36.0 Å². The monoisotopic (exact) mass is 535 g/mol. The van der Waals surface area contributed by atoms with Crippen LogP contribution in [0.3, 0.4) is 0 Å². The highest BCUT2D eigenvalue weighted by molar-refractivity contribution is 8.03. The molecule has 4 rings (SSSR count). The van der Waals surface area contributed by atoms with Gasteiger partial charge in [-0.2, -0.15) is 0 Å². The molecule has 2 amide bonds. The summed E-state index contributed by atoms with van der Waals surface area (Å²) in [6, 6.07) is -3.22. The molecule has 32 heavy (non-hydrogen) atoms. The van der Waals surface area contributed by atoms with Gasteiger partial charge in [0.2, 0.25) is 6.04 Å². The number of thioether (sulfide) groups is 1. The number of hydrogen-bond donors (Lipinski definition) is 3. The van der Waals surface area contributed by atoms with Crippen LogP contribution in [0, 0.1) is 4.91 Å². The minimum Gasteiger partial charge on any atom is -0.477 e. The number of rotatable bonds is 7. The number of nitrogens with zero attached hydrogens (tertiary/aromatic N) is 5. The van der Waals surface area contributed by atoms with Crippen LogP contribution in [0.2, 0.25) is 8.67 Å². The van der Waals surface area contributed by atoms with Crippen molar-refractivity contribution < 1.29 is 19.5 Å². The Morgan fingerprint density at radius 2 is 2.12 bits per heavy atom. The Balaban J connectivity index is 1.53. The van der Waals surface area contributed by atoms with E-state index in [2.05, 4.69) is 25.1 Å². The molecule has 2 aliphatic rings. The third-order valence-electron chi connectivity index (χ3n) is 4.77. The second-order valence-electron chi connectivity index (χ2n) is 6.55. The topological polar surface area (TPSA) is 181 Å². The minimum absolute atomic E-state index is 0.0365. The maximum absolute atomic E-state index is 12.8. The molecule has 12 nitrogen and oxygen atoms in total. The fourth-order valence-electron chi connectivity index (χ4n) is 3.43. The Labute approximate surface area is 201 Å². The summed E-state index contributed by atoms with van der Waals surface area (Å²) >= 11 is 14.8. The molecule has 0 aromatic carbocycles. The summed E-state index contributed by atoms with van der Waals surface area (Å²) in [7, 11) is 0. The molecule has 168 valence electrons. The van der Waals surface area contributed by atoms with Crippen molar-refractivity contribution in [3.05, 3.63) is 29.9 Å². The zero-order valence-corrected chi connectivity index (χ0v) is 19.5. The Hall–Kier alpha value is -2.33. The predicted octanol–water partition coefficient (Wildman–Crippen LogP) is 2.27. The van der Waals surface area contributed by atoms with E-state index in [1.165, 1.54) is 0 Å². The van der Waals surface area contributed by atoms with Crippen LogP contribution in [-0.4, -0.2) is 54.4 Å². The second kappa shape index (κ2) is 8.90. The number of nitrogens with two attached hydrogens (primary N) is 1. The number of aliphatic carboxylic acids is 1. The van der Waals surface area contributed by atoms with Crippen LogP contribution in [0.4, 0.5) is 5.13 Å². The smallest absolute Gasteiger partial charge is 0.353 e. The van der Waals surface area contributed by atoms with E-state index in [0.717, 1.165) is 39.5 Å². The van der Waals surface area contributed by atoms with Crippen molar-refractivity contribution in [3.63, 3.8) is 0 Å². The molecule has 2 aromatic rings. The van der Waals surface area contributed by atoms with Crippen molar-refractivity contribution in [1.82, 2.24) is 24.8 Å². The lowest BCUT2D eigenvalue weighted by Crippen LogP contribution is -2.71. The van der Waals surface area contributed by atoms with Crippen LogP contribution in [0.5, 0.6) is 0 Å². The molecule has 2 aromatic heterocycles. The number of halogens is 2. The maximum atomic E-state index is 12.8. The van der Waals surface area contributed by atoms with E-state index >= 15 is 0 Å². The van der Waals surface area contributed by atoms with Crippen LogP contribution < -0.4 is 11.1 Å². The lowest BCUT2D eigenvalue weighted by molar-refractivity contribution is -0.156. The summed E-state index contributed by atoms with van der Waals surface area (Å²) < 4.78 is 4.05. The number of nitrogens with one attached hydrogen (secondary N) is 1. The maximum Gasteiger partial charge on any atom is 0.353 e. The van der Waals surface area contributed by atoms with E-state index in [9.17, 15) is 24.4 Å². The molecule has 1 fully saturated rings. The first-order chi connectivity index (χ1) is 15.2. The van der Waals surface area contributed by atoms with Gasteiger partial charge in [-0.1, -0.05) is 50.8 Å². The van der Waals surface area contributed by atoms with Gasteiger partial charge in [0.25, 0.3) is 11.8 Å². The summed E-state index contributed by atoms with van der Waals surface area (Å²) in [4.78, 5) is 53.9. The Kier molecular flexibility index (Phi) is 6.35. The predicted molar refractivity (Wildman–Crippen MR) is 117 cm³/mol. The summed E-state index contributed by atoms with van der Waals surface area (Å²) in [6.45, 7) is 0. The average Bonchev–Trinajstić information content (AvgIpc) is 3.30. The molecule has 2 aliphatic heterocycles. The number of allylic oxidation sites excluding steroid dienone is 1. The number of carboxylic acids is 1. The number of aromatic nitrogens is 3. The summed E-state index contributed by atoms with van der Waals surface area (Å²) in [5.41, 5.74) is 5.24. The van der Waals surface area contributed by atoms with Crippen molar-refractivity contribution in [3.8, 4) is 0 Å². The van der Waals surface area contributed by atoms with Crippen molar-refractivity contribution in [2.24, 2.45) is 5.18 Å². The molecule has 0 saturated carbocycles. The molecule has 0 bridgehead atoms. The van der Waals surface area contributed by atoms with Gasteiger partial charge in [-0.25, -0.2) is 9.78 Å². The molecular weight excluding hydrogens is 525 g/mol. The minimum atomic E-state index is -1.60. The highest BCUT2D eigenvalue weighted by Gasteiger charge is 2.54. The molecule has 3 atom stereocenters. The first-order valence-electron chi connectivity index (χ1n) is 8.72. The highest BCUT2D eigenvalue weighted by atomic mass is 35.5. The SMILES string of the molecule is Nc1nc(C(N=O)C(=O)NC2C(=O)N3C(C(=O)O)=C(Sc4nnsc4Cl)CCC23)c(Cl)s1. The molecule has 4 N–H and O–H groups in total. The number of carboxylic acid groups (broad SMARTS) is 1. The quantitative estimate of drug-likeness (QED) is 0.351. The third-order valence-corrected chi connectivity index (χ3v) is 8.15. The van der Waals surface area contributed by atoms with E-state index in [4.69, 9.17) is 28.9 Å². The average molecular weight is 536 g/mol. The van der Waals surface area contributed by atoms with E-state index < -0.39 is 35.9 Å². The Bertz CT molecular complexity index is 1170. The Morgan fingerprint density at radius 1 is 1.38 bits per heavy atom. The zero-order chi connectivity index (χ0) is 23.2. The third kappa shape index (κ3) is 3.94. The van der Waals surface area contributed by atoms with Gasteiger partial charge in [-0.3, -0.25) is 14.5 Å². The Morgan fingerprint density at radius 3 is 2.69 bits per heavy atom. The number of thiazole rings is 1. The van der Waals surface area contributed by atoms with Crippen LogP contribution in [0.1, 0.15) is 24.6 Å². The number of fused-ring (bicyclic) bond motifs is 1. The first kappa shape index (κ1) is 22.8. The van der Waals surface area contributed by atoms with Gasteiger partial charge in [0.1, 0.15) is 26.1 Å². The van der Waals surface area contributed by atoms with Gasteiger partial charge in [-0.15, -0.1) is 10.0 Å². The van der Waals surface area contributed by atoms with E-state index in [1.54, 1.807) is 0 Å². The number of hydrogen-bond acceptors (Lipinski definition) is 12. The number of amides is 2. The summed E-state index contributed by atoms with van der Waals surface area (Å²) in [5.74, 6) is -2.81. The van der Waals surface area contributed by atoms with Crippen molar-refractivity contribution >= 4 is 80.7 Å². The summed E-state index contributed by atoms with van der Waals surface area (Å²) in [6.07, 6.45) is 0.680. The fourth-order valence-corrected chi connectivity index (χ4v) is 6.15.